The lowest BCUT2D eigenvalue weighted by Gasteiger charge is -2.11. The lowest BCUT2D eigenvalue weighted by Crippen LogP contribution is -2.28. The van der Waals surface area contributed by atoms with E-state index in [-0.39, 0.29) is 24.3 Å². The van der Waals surface area contributed by atoms with Crippen molar-refractivity contribution in [3.05, 3.63) is 41.1 Å². The average molecular weight is 413 g/mol. The Hall–Kier alpha value is -2.87. The summed E-state index contributed by atoms with van der Waals surface area (Å²) in [6.07, 6.45) is 1.58. The summed E-state index contributed by atoms with van der Waals surface area (Å²) >= 11 is 1.40. The summed E-state index contributed by atoms with van der Waals surface area (Å²) < 4.78 is 11.6. The molecule has 7 nitrogen and oxygen atoms in total. The summed E-state index contributed by atoms with van der Waals surface area (Å²) in [6, 6.07) is 7.37. The molecule has 1 fully saturated rings. The van der Waals surface area contributed by atoms with Gasteiger partial charge in [-0.05, 0) is 32.4 Å². The van der Waals surface area contributed by atoms with Crippen molar-refractivity contribution in [3.63, 3.8) is 0 Å². The highest BCUT2D eigenvalue weighted by molar-refractivity contribution is 7.14. The lowest BCUT2D eigenvalue weighted by atomic mass is 10.2. The molecule has 0 radical (unpaired) electrons. The number of ether oxygens (including phenoxy) is 1. The van der Waals surface area contributed by atoms with Crippen LogP contribution < -0.4 is 15.0 Å². The van der Waals surface area contributed by atoms with Gasteiger partial charge in [0, 0.05) is 23.7 Å². The molecule has 1 aromatic carbocycles. The molecule has 2 amide bonds. The van der Waals surface area contributed by atoms with Crippen molar-refractivity contribution in [1.82, 2.24) is 10.3 Å². The van der Waals surface area contributed by atoms with Gasteiger partial charge in [0.2, 0.25) is 11.8 Å². The van der Waals surface area contributed by atoms with Crippen LogP contribution in [0.5, 0.6) is 5.75 Å². The van der Waals surface area contributed by atoms with E-state index in [1.807, 2.05) is 43.5 Å². The van der Waals surface area contributed by atoms with Crippen molar-refractivity contribution in [2.45, 2.75) is 39.2 Å². The fourth-order valence-electron chi connectivity index (χ4n) is 3.42. The number of carbonyl (C=O) groups is 2. The summed E-state index contributed by atoms with van der Waals surface area (Å²) in [7, 11) is 0. The van der Waals surface area contributed by atoms with Crippen LogP contribution in [0.4, 0.5) is 5.13 Å². The highest BCUT2D eigenvalue weighted by Gasteiger charge is 2.24. The molecular formula is C21H23N3O4S. The van der Waals surface area contributed by atoms with Crippen molar-refractivity contribution in [2.24, 2.45) is 0 Å². The maximum absolute atomic E-state index is 12.5. The Bertz CT molecular complexity index is 1040. The van der Waals surface area contributed by atoms with Gasteiger partial charge in [0.1, 0.15) is 5.76 Å². The minimum absolute atomic E-state index is 0.0975. The predicted octanol–water partition coefficient (Wildman–Crippen LogP) is 3.83. The predicted molar refractivity (Wildman–Crippen MR) is 111 cm³/mol. The number of amides is 2. The molecule has 1 N–H and O–H groups in total. The van der Waals surface area contributed by atoms with E-state index < -0.39 is 0 Å². The second-order valence-corrected chi connectivity index (χ2v) is 7.83. The van der Waals surface area contributed by atoms with Crippen LogP contribution in [-0.4, -0.2) is 29.9 Å². The number of thiazole rings is 1. The number of hydrogen-bond acceptors (Lipinski definition) is 6. The van der Waals surface area contributed by atoms with Crippen LogP contribution in [0.3, 0.4) is 0 Å². The maximum atomic E-state index is 12.5. The molecule has 0 spiro atoms. The molecule has 0 saturated carbocycles. The van der Waals surface area contributed by atoms with Crippen LogP contribution in [0.1, 0.15) is 44.2 Å². The third-order valence-electron chi connectivity index (χ3n) is 4.82. The van der Waals surface area contributed by atoms with E-state index in [1.165, 1.54) is 11.3 Å². The van der Waals surface area contributed by atoms with Crippen LogP contribution in [0, 0.1) is 0 Å². The summed E-state index contributed by atoms with van der Waals surface area (Å²) in [4.78, 5) is 30.5. The zero-order valence-electron chi connectivity index (χ0n) is 16.4. The van der Waals surface area contributed by atoms with Gasteiger partial charge in [-0.15, -0.1) is 11.3 Å². The van der Waals surface area contributed by atoms with Crippen molar-refractivity contribution < 1.29 is 18.7 Å². The zero-order chi connectivity index (χ0) is 20.4. The van der Waals surface area contributed by atoms with E-state index in [0.717, 1.165) is 11.8 Å². The molecule has 0 aliphatic carbocycles. The van der Waals surface area contributed by atoms with Crippen LogP contribution in [0.2, 0.25) is 0 Å². The standard InChI is InChI=1S/C21H23N3O4S/c1-3-27-16-7-4-6-14-10-17(28-20(14)16)13(2)22-18(25)11-15-12-29-21(23-15)24-9-5-8-19(24)26/h4,6-7,10,12-13H,3,5,8-9,11H2,1-2H3,(H,22,25). The van der Waals surface area contributed by atoms with E-state index in [2.05, 4.69) is 10.3 Å². The number of carbonyl (C=O) groups excluding carboxylic acids is 2. The summed E-state index contributed by atoms with van der Waals surface area (Å²) in [5.74, 6) is 1.32. The fourth-order valence-corrected chi connectivity index (χ4v) is 4.29. The van der Waals surface area contributed by atoms with Gasteiger partial charge in [0.15, 0.2) is 16.5 Å². The van der Waals surface area contributed by atoms with Crippen LogP contribution in [0.25, 0.3) is 11.0 Å². The molecule has 8 heteroatoms. The topological polar surface area (TPSA) is 84.7 Å². The van der Waals surface area contributed by atoms with Gasteiger partial charge in [-0.2, -0.15) is 0 Å². The molecule has 2 aromatic heterocycles. The lowest BCUT2D eigenvalue weighted by molar-refractivity contribution is -0.121. The molecule has 1 atom stereocenters. The number of nitrogens with zero attached hydrogens (tertiary/aromatic N) is 2. The van der Waals surface area contributed by atoms with Gasteiger partial charge in [-0.3, -0.25) is 14.5 Å². The number of anilines is 1. The van der Waals surface area contributed by atoms with Gasteiger partial charge >= 0.3 is 0 Å². The number of benzene rings is 1. The molecule has 0 bridgehead atoms. The largest absolute Gasteiger partial charge is 0.490 e. The minimum atomic E-state index is -0.289. The Kier molecular flexibility index (Phi) is 5.53. The van der Waals surface area contributed by atoms with Crippen molar-refractivity contribution in [3.8, 4) is 5.75 Å². The molecule has 1 saturated heterocycles. The first-order valence-electron chi connectivity index (χ1n) is 9.74. The normalized spacial score (nSPS) is 15.1. The first kappa shape index (κ1) is 19.4. The van der Waals surface area contributed by atoms with Crippen LogP contribution >= 0.6 is 11.3 Å². The molecule has 152 valence electrons. The molecule has 1 aliphatic rings. The van der Waals surface area contributed by atoms with E-state index in [4.69, 9.17) is 9.15 Å². The second kappa shape index (κ2) is 8.24. The molecule has 1 unspecified atom stereocenters. The molecular weight excluding hydrogens is 390 g/mol. The maximum Gasteiger partial charge on any atom is 0.228 e. The summed E-state index contributed by atoms with van der Waals surface area (Å²) in [6.45, 7) is 5.06. The molecule has 29 heavy (non-hydrogen) atoms. The monoisotopic (exact) mass is 413 g/mol. The number of nitrogens with one attached hydrogen (secondary N) is 1. The van der Waals surface area contributed by atoms with E-state index in [1.54, 1.807) is 4.90 Å². The minimum Gasteiger partial charge on any atom is -0.490 e. The number of para-hydroxylation sites is 1. The smallest absolute Gasteiger partial charge is 0.228 e. The van der Waals surface area contributed by atoms with Gasteiger partial charge in [0.05, 0.1) is 24.8 Å². The fraction of sp³-hybridized carbons (Fsp3) is 0.381. The second-order valence-electron chi connectivity index (χ2n) is 6.99. The third-order valence-corrected chi connectivity index (χ3v) is 5.73. The SMILES string of the molecule is CCOc1cccc2cc(C(C)NC(=O)Cc3csc(N4CCCC4=O)n3)oc12. The molecule has 1 aliphatic heterocycles. The van der Waals surface area contributed by atoms with E-state index >= 15 is 0 Å². The van der Waals surface area contributed by atoms with Crippen LogP contribution in [0.15, 0.2) is 34.1 Å². The van der Waals surface area contributed by atoms with E-state index in [9.17, 15) is 9.59 Å². The van der Waals surface area contributed by atoms with E-state index in [0.29, 0.717) is 47.5 Å². The van der Waals surface area contributed by atoms with Gasteiger partial charge in [-0.1, -0.05) is 12.1 Å². The number of rotatable bonds is 7. The highest BCUT2D eigenvalue weighted by atomic mass is 32.1. The first-order chi connectivity index (χ1) is 14.0. The average Bonchev–Trinajstić information content (AvgIpc) is 3.41. The van der Waals surface area contributed by atoms with Gasteiger partial charge in [0.25, 0.3) is 0 Å². The Balaban J connectivity index is 1.41. The quantitative estimate of drug-likeness (QED) is 0.636. The number of fused-ring (bicyclic) bond motifs is 1. The van der Waals surface area contributed by atoms with Crippen molar-refractivity contribution >= 4 is 39.3 Å². The number of furan rings is 1. The first-order valence-corrected chi connectivity index (χ1v) is 10.6. The molecule has 3 aromatic rings. The third kappa shape index (κ3) is 4.12. The Morgan fingerprint density at radius 2 is 2.31 bits per heavy atom. The molecule has 4 rings (SSSR count). The number of aromatic nitrogens is 1. The Morgan fingerprint density at radius 1 is 1.45 bits per heavy atom. The summed E-state index contributed by atoms with van der Waals surface area (Å²) in [5.41, 5.74) is 1.35. The number of hydrogen-bond donors (Lipinski definition) is 1. The van der Waals surface area contributed by atoms with Gasteiger partial charge in [-0.25, -0.2) is 4.98 Å². The highest BCUT2D eigenvalue weighted by Crippen LogP contribution is 2.31. The summed E-state index contributed by atoms with van der Waals surface area (Å²) in [5, 5.41) is 6.40. The zero-order valence-corrected chi connectivity index (χ0v) is 17.3. The van der Waals surface area contributed by atoms with Gasteiger partial charge < -0.3 is 14.5 Å². The van der Waals surface area contributed by atoms with Crippen LogP contribution in [-0.2, 0) is 16.0 Å². The Morgan fingerprint density at radius 3 is 3.07 bits per heavy atom. The Labute approximate surface area is 172 Å². The van der Waals surface area contributed by atoms with Crippen molar-refractivity contribution in [1.29, 1.82) is 0 Å². The van der Waals surface area contributed by atoms with Crippen molar-refractivity contribution in [2.75, 3.05) is 18.1 Å². The molecule has 3 heterocycles.